The zero-order valence-electron chi connectivity index (χ0n) is 25.6. The molecular weight excluding hydrogens is 562 g/mol. The molecule has 0 N–H and O–H groups in total. The van der Waals surface area contributed by atoms with Crippen molar-refractivity contribution < 1.29 is 18.9 Å². The average Bonchev–Trinajstić information content (AvgIpc) is 3.80. The second-order valence-corrected chi connectivity index (χ2v) is 11.2. The molecule has 2 aliphatic heterocycles. The Hall–Kier alpha value is -4.33. The number of ether oxygens (including phenoxy) is 4. The molecule has 2 aliphatic rings. The predicted octanol–water partition coefficient (Wildman–Crippen LogP) is 3.02. The van der Waals surface area contributed by atoms with E-state index in [1.807, 2.05) is 36.0 Å². The van der Waals surface area contributed by atoms with E-state index in [-0.39, 0.29) is 6.10 Å². The summed E-state index contributed by atoms with van der Waals surface area (Å²) >= 11 is 0. The van der Waals surface area contributed by atoms with Gasteiger partial charge in [-0.05, 0) is 19.1 Å². The Balaban J connectivity index is 1.32. The van der Waals surface area contributed by atoms with Crippen molar-refractivity contribution in [1.29, 1.82) is 0 Å². The number of imidazole rings is 1. The highest BCUT2D eigenvalue weighted by atomic mass is 16.5. The second-order valence-electron chi connectivity index (χ2n) is 11.2. The third-order valence-electron chi connectivity index (χ3n) is 8.49. The summed E-state index contributed by atoms with van der Waals surface area (Å²) in [5, 5.41) is 5.71. The molecule has 5 aromatic heterocycles. The fraction of sp³-hybridized carbons (Fsp3) is 0.452. The number of fused-ring (bicyclic) bond motifs is 2. The van der Waals surface area contributed by atoms with Gasteiger partial charge in [0.2, 0.25) is 11.8 Å². The van der Waals surface area contributed by atoms with E-state index in [0.29, 0.717) is 30.7 Å². The second kappa shape index (κ2) is 12.0. The van der Waals surface area contributed by atoms with Crippen molar-refractivity contribution in [3.63, 3.8) is 0 Å². The first-order valence-electron chi connectivity index (χ1n) is 15.0. The molecule has 0 saturated carbocycles. The Morgan fingerprint density at radius 2 is 1.89 bits per heavy atom. The molecule has 0 radical (unpaired) electrons. The smallest absolute Gasteiger partial charge is 0.244 e. The topological polar surface area (TPSA) is 118 Å². The minimum absolute atomic E-state index is 0.0822. The molecule has 2 fully saturated rings. The molecule has 5 aromatic rings. The molecule has 1 atom stereocenters. The van der Waals surface area contributed by atoms with Crippen molar-refractivity contribution in [1.82, 2.24) is 39.2 Å². The fourth-order valence-electron chi connectivity index (χ4n) is 6.01. The van der Waals surface area contributed by atoms with Crippen LogP contribution in [-0.2, 0) is 16.5 Å². The third-order valence-corrected chi connectivity index (χ3v) is 8.49. The van der Waals surface area contributed by atoms with Crippen LogP contribution in [0.4, 0.5) is 5.95 Å². The average molecular weight is 600 g/mol. The van der Waals surface area contributed by atoms with Gasteiger partial charge in [-0.15, -0.1) is 0 Å². The number of aromatic nitrogens is 7. The maximum absolute atomic E-state index is 6.47. The number of hydrogen-bond donors (Lipinski definition) is 0. The maximum atomic E-state index is 6.47. The van der Waals surface area contributed by atoms with Gasteiger partial charge in [-0.25, -0.2) is 9.67 Å². The van der Waals surface area contributed by atoms with E-state index in [4.69, 9.17) is 39.0 Å². The van der Waals surface area contributed by atoms with Gasteiger partial charge in [0, 0.05) is 82.8 Å². The van der Waals surface area contributed by atoms with Crippen molar-refractivity contribution in [2.75, 3.05) is 71.7 Å². The minimum atomic E-state index is -0.0822. The summed E-state index contributed by atoms with van der Waals surface area (Å²) in [6.07, 6.45) is 6.03. The maximum Gasteiger partial charge on any atom is 0.244 e. The molecule has 230 valence electrons. The van der Waals surface area contributed by atoms with Gasteiger partial charge < -0.3 is 28.4 Å². The highest BCUT2D eigenvalue weighted by molar-refractivity contribution is 5.88. The van der Waals surface area contributed by atoms with Crippen LogP contribution in [-0.4, -0.2) is 112 Å². The minimum Gasteiger partial charge on any atom is -0.496 e. The Morgan fingerprint density at radius 1 is 1.02 bits per heavy atom. The molecule has 0 aromatic carbocycles. The zero-order valence-corrected chi connectivity index (χ0v) is 25.6. The number of rotatable bonds is 9. The van der Waals surface area contributed by atoms with E-state index in [0.717, 1.165) is 90.6 Å². The van der Waals surface area contributed by atoms with Crippen LogP contribution in [0.3, 0.4) is 0 Å². The SMILES string of the molecule is COCCN1CCN(c2nc3c(O[C@@H]4CCOC4)nc(-n4ncc5c(C)nc(-c6cnccc6OC)cc54)cc3n2C)CC1. The molecule has 0 aliphatic carbocycles. The number of aryl methyl sites for hydroxylation is 2. The lowest BCUT2D eigenvalue weighted by atomic mass is 10.1. The summed E-state index contributed by atoms with van der Waals surface area (Å²) in [7, 11) is 5.44. The van der Waals surface area contributed by atoms with Crippen LogP contribution in [0.5, 0.6) is 11.6 Å². The molecule has 0 unspecified atom stereocenters. The number of anilines is 1. The first kappa shape index (κ1) is 28.4. The summed E-state index contributed by atoms with van der Waals surface area (Å²) in [6, 6.07) is 5.87. The van der Waals surface area contributed by atoms with Crippen LogP contribution in [0.1, 0.15) is 12.1 Å². The molecule has 7 rings (SSSR count). The van der Waals surface area contributed by atoms with Gasteiger partial charge in [0.15, 0.2) is 11.3 Å². The van der Waals surface area contributed by atoms with Crippen molar-refractivity contribution in [2.24, 2.45) is 7.05 Å². The third kappa shape index (κ3) is 5.20. The monoisotopic (exact) mass is 599 g/mol. The largest absolute Gasteiger partial charge is 0.496 e. The molecule has 0 bridgehead atoms. The highest BCUT2D eigenvalue weighted by Gasteiger charge is 2.26. The van der Waals surface area contributed by atoms with Crippen molar-refractivity contribution in [3.8, 4) is 28.7 Å². The van der Waals surface area contributed by atoms with Crippen LogP contribution < -0.4 is 14.4 Å². The van der Waals surface area contributed by atoms with Crippen molar-refractivity contribution in [3.05, 3.63) is 42.5 Å². The quantitative estimate of drug-likeness (QED) is 0.249. The molecule has 13 nitrogen and oxygen atoms in total. The van der Waals surface area contributed by atoms with Gasteiger partial charge in [-0.2, -0.15) is 10.1 Å². The van der Waals surface area contributed by atoms with Crippen LogP contribution in [0, 0.1) is 6.92 Å². The van der Waals surface area contributed by atoms with E-state index >= 15 is 0 Å². The van der Waals surface area contributed by atoms with E-state index in [2.05, 4.69) is 26.4 Å². The van der Waals surface area contributed by atoms with Gasteiger partial charge in [0.1, 0.15) is 11.9 Å². The normalized spacial score (nSPS) is 17.6. The zero-order chi connectivity index (χ0) is 30.2. The standard InChI is InChI=1S/C31H37N9O4/c1-20-22-18-33-40(25(22)15-24(34-20)23-17-32-7-5-27(23)42-4)28-16-26-29(30(35-28)44-21-6-13-43-19-21)36-31(37(26)2)39-10-8-38(9-11-39)12-14-41-3/h5,7,15-18,21H,6,8-14,19H2,1-4H3/t21-/m1/s1. The van der Waals surface area contributed by atoms with Crippen LogP contribution >= 0.6 is 0 Å². The predicted molar refractivity (Wildman–Crippen MR) is 166 cm³/mol. The number of piperazine rings is 1. The van der Waals surface area contributed by atoms with Crippen LogP contribution in [0.25, 0.3) is 39.0 Å². The molecule has 0 spiro atoms. The summed E-state index contributed by atoms with van der Waals surface area (Å²) in [6.45, 7) is 8.52. The number of hydrogen-bond acceptors (Lipinski definition) is 11. The van der Waals surface area contributed by atoms with E-state index < -0.39 is 0 Å². The summed E-state index contributed by atoms with van der Waals surface area (Å²) in [5.41, 5.74) is 4.92. The van der Waals surface area contributed by atoms with Crippen LogP contribution in [0.15, 0.2) is 36.8 Å². The molecule has 13 heteroatoms. The van der Waals surface area contributed by atoms with Gasteiger partial charge in [-0.1, -0.05) is 0 Å². The van der Waals surface area contributed by atoms with Gasteiger partial charge in [0.25, 0.3) is 0 Å². The lowest BCUT2D eigenvalue weighted by Gasteiger charge is -2.35. The molecular formula is C31H37N9O4. The molecule has 44 heavy (non-hydrogen) atoms. The summed E-state index contributed by atoms with van der Waals surface area (Å²) in [5.74, 6) is 2.72. The van der Waals surface area contributed by atoms with Gasteiger partial charge in [0.05, 0.1) is 55.4 Å². The van der Waals surface area contributed by atoms with Crippen molar-refractivity contribution in [2.45, 2.75) is 19.4 Å². The molecule has 0 amide bonds. The Kier molecular flexibility index (Phi) is 7.75. The van der Waals surface area contributed by atoms with Gasteiger partial charge in [-0.3, -0.25) is 14.9 Å². The first-order valence-corrected chi connectivity index (χ1v) is 15.0. The summed E-state index contributed by atoms with van der Waals surface area (Å²) in [4.78, 5) is 24.0. The highest BCUT2D eigenvalue weighted by Crippen LogP contribution is 2.34. The Morgan fingerprint density at radius 3 is 2.66 bits per heavy atom. The molecule has 7 heterocycles. The van der Waals surface area contributed by atoms with Gasteiger partial charge >= 0.3 is 0 Å². The number of pyridine rings is 3. The van der Waals surface area contributed by atoms with E-state index in [9.17, 15) is 0 Å². The van der Waals surface area contributed by atoms with Crippen molar-refractivity contribution >= 4 is 27.9 Å². The van der Waals surface area contributed by atoms with Crippen LogP contribution in [0.2, 0.25) is 0 Å². The van der Waals surface area contributed by atoms with E-state index in [1.54, 1.807) is 26.6 Å². The number of methoxy groups -OCH3 is 2. The lowest BCUT2D eigenvalue weighted by Crippen LogP contribution is -2.48. The first-order chi connectivity index (χ1) is 21.5. The fourth-order valence-corrected chi connectivity index (χ4v) is 6.01. The summed E-state index contributed by atoms with van der Waals surface area (Å²) < 4.78 is 26.9. The lowest BCUT2D eigenvalue weighted by molar-refractivity contribution is 0.139. The number of nitrogens with zero attached hydrogens (tertiary/aromatic N) is 9. The molecule has 2 saturated heterocycles. The Labute approximate surface area is 255 Å². The van der Waals surface area contributed by atoms with E-state index in [1.165, 1.54) is 0 Å². The Bertz CT molecular complexity index is 1790.